The minimum absolute atomic E-state index is 0.163. The van der Waals surface area contributed by atoms with Crippen LogP contribution >= 0.6 is 0 Å². The van der Waals surface area contributed by atoms with Gasteiger partial charge in [-0.1, -0.05) is 24.3 Å². The van der Waals surface area contributed by atoms with Gasteiger partial charge in [0.15, 0.2) is 11.5 Å². The number of hydrogen-bond donors (Lipinski definition) is 1. The van der Waals surface area contributed by atoms with Crippen molar-refractivity contribution in [3.05, 3.63) is 54.1 Å². The van der Waals surface area contributed by atoms with Crippen molar-refractivity contribution in [3.63, 3.8) is 0 Å². The lowest BCUT2D eigenvalue weighted by molar-refractivity contribution is -0.135. The van der Waals surface area contributed by atoms with E-state index in [1.807, 2.05) is 62.4 Å². The van der Waals surface area contributed by atoms with Crippen molar-refractivity contribution in [3.8, 4) is 11.5 Å². The third kappa shape index (κ3) is 4.19. The van der Waals surface area contributed by atoms with Crippen LogP contribution in [-0.4, -0.2) is 37.0 Å². The van der Waals surface area contributed by atoms with Crippen molar-refractivity contribution < 1.29 is 23.8 Å². The fraction of sp³-hybridized carbons (Fsp3) is 0.348. The molecule has 0 spiro atoms. The van der Waals surface area contributed by atoms with E-state index >= 15 is 0 Å². The Balaban J connectivity index is 1.56. The highest BCUT2D eigenvalue weighted by molar-refractivity contribution is 6.38. The Bertz CT molecular complexity index is 1020. The molecule has 1 atom stereocenters. The van der Waals surface area contributed by atoms with Gasteiger partial charge in [0.2, 0.25) is 12.7 Å². The van der Waals surface area contributed by atoms with E-state index in [2.05, 4.69) is 10.4 Å². The summed E-state index contributed by atoms with van der Waals surface area (Å²) in [5, 5.41) is 9.08. The van der Waals surface area contributed by atoms with Crippen LogP contribution in [0.15, 0.2) is 53.6 Å². The minimum Gasteiger partial charge on any atom is -0.461 e. The molecule has 1 N–H and O–H groups in total. The quantitative estimate of drug-likeness (QED) is 0.719. The highest BCUT2D eigenvalue weighted by atomic mass is 16.7. The standard InChI is InChI=1S/C23H25N3O5/c1-4-29-22(28)17-13-18(26(25-17)16-8-6-5-7-9-16)21(27)24-23(2,3)15-10-11-19-20(12-15)31-14-30-19/h5-12,18H,4,13-14H2,1-3H3,(H,24,27). The van der Waals surface area contributed by atoms with Crippen LogP contribution in [0.5, 0.6) is 11.5 Å². The maximum atomic E-state index is 13.3. The normalized spacial score (nSPS) is 17.3. The molecule has 0 aliphatic carbocycles. The average Bonchev–Trinajstić information content (AvgIpc) is 3.41. The van der Waals surface area contributed by atoms with Crippen LogP contribution < -0.4 is 19.8 Å². The van der Waals surface area contributed by atoms with Crippen LogP contribution in [0.3, 0.4) is 0 Å². The zero-order valence-electron chi connectivity index (χ0n) is 17.8. The molecule has 8 heteroatoms. The van der Waals surface area contributed by atoms with Gasteiger partial charge in [0.25, 0.3) is 0 Å². The van der Waals surface area contributed by atoms with Gasteiger partial charge in [-0.25, -0.2) is 4.79 Å². The molecule has 2 aromatic carbocycles. The first-order valence-electron chi connectivity index (χ1n) is 10.2. The summed E-state index contributed by atoms with van der Waals surface area (Å²) >= 11 is 0. The number of benzene rings is 2. The van der Waals surface area contributed by atoms with Crippen molar-refractivity contribution in [2.24, 2.45) is 5.10 Å². The summed E-state index contributed by atoms with van der Waals surface area (Å²) in [6.07, 6.45) is 0.163. The second kappa shape index (κ2) is 8.29. The van der Waals surface area contributed by atoms with Crippen LogP contribution in [-0.2, 0) is 19.9 Å². The average molecular weight is 423 g/mol. The minimum atomic E-state index is -0.687. The molecule has 1 amide bonds. The van der Waals surface area contributed by atoms with Crippen LogP contribution in [0.25, 0.3) is 0 Å². The van der Waals surface area contributed by atoms with E-state index in [0.29, 0.717) is 11.5 Å². The van der Waals surface area contributed by atoms with E-state index in [4.69, 9.17) is 14.2 Å². The fourth-order valence-corrected chi connectivity index (χ4v) is 3.62. The lowest BCUT2D eigenvalue weighted by atomic mass is 9.93. The highest BCUT2D eigenvalue weighted by Crippen LogP contribution is 2.36. The van der Waals surface area contributed by atoms with Gasteiger partial charge >= 0.3 is 5.97 Å². The summed E-state index contributed by atoms with van der Waals surface area (Å²) in [7, 11) is 0. The van der Waals surface area contributed by atoms with Gasteiger partial charge in [-0.2, -0.15) is 5.10 Å². The van der Waals surface area contributed by atoms with E-state index in [-0.39, 0.29) is 31.4 Å². The molecule has 8 nitrogen and oxygen atoms in total. The number of nitrogens with zero attached hydrogens (tertiary/aromatic N) is 2. The van der Waals surface area contributed by atoms with Gasteiger partial charge in [0.05, 0.1) is 17.8 Å². The Hall–Kier alpha value is -3.55. The second-order valence-electron chi connectivity index (χ2n) is 7.85. The molecule has 2 aromatic rings. The van der Waals surface area contributed by atoms with E-state index < -0.39 is 17.6 Å². The van der Waals surface area contributed by atoms with Gasteiger partial charge in [-0.05, 0) is 50.6 Å². The lowest BCUT2D eigenvalue weighted by Gasteiger charge is -2.31. The van der Waals surface area contributed by atoms with Gasteiger partial charge in [0.1, 0.15) is 11.8 Å². The SMILES string of the molecule is CCOC(=O)C1=NN(c2ccccc2)C(C(=O)NC(C)(C)c2ccc3c(c2)OCO3)C1. The van der Waals surface area contributed by atoms with Crippen molar-refractivity contribution in [2.45, 2.75) is 38.8 Å². The molecular weight excluding hydrogens is 398 g/mol. The number of carbonyl (C=O) groups excluding carboxylic acids is 2. The number of fused-ring (bicyclic) bond motifs is 1. The molecule has 0 bridgehead atoms. The smallest absolute Gasteiger partial charge is 0.354 e. The van der Waals surface area contributed by atoms with Crippen molar-refractivity contribution in [2.75, 3.05) is 18.4 Å². The molecule has 162 valence electrons. The van der Waals surface area contributed by atoms with Crippen molar-refractivity contribution in [1.82, 2.24) is 5.32 Å². The number of para-hydroxylation sites is 1. The van der Waals surface area contributed by atoms with E-state index in [1.165, 1.54) is 0 Å². The van der Waals surface area contributed by atoms with E-state index in [0.717, 1.165) is 11.3 Å². The number of amides is 1. The van der Waals surface area contributed by atoms with Gasteiger partial charge in [-0.3, -0.25) is 9.80 Å². The zero-order valence-corrected chi connectivity index (χ0v) is 17.8. The number of hydrogen-bond acceptors (Lipinski definition) is 7. The number of ether oxygens (including phenoxy) is 3. The molecule has 2 aliphatic rings. The molecule has 2 aliphatic heterocycles. The Morgan fingerprint density at radius 3 is 2.65 bits per heavy atom. The molecule has 4 rings (SSSR count). The number of rotatable bonds is 6. The summed E-state index contributed by atoms with van der Waals surface area (Å²) in [6, 6.07) is 14.2. The van der Waals surface area contributed by atoms with Gasteiger partial charge < -0.3 is 19.5 Å². The van der Waals surface area contributed by atoms with Crippen LogP contribution in [0.4, 0.5) is 5.69 Å². The third-order valence-corrected chi connectivity index (χ3v) is 5.27. The maximum Gasteiger partial charge on any atom is 0.354 e. The molecule has 31 heavy (non-hydrogen) atoms. The third-order valence-electron chi connectivity index (χ3n) is 5.27. The van der Waals surface area contributed by atoms with Crippen LogP contribution in [0.2, 0.25) is 0 Å². The Morgan fingerprint density at radius 2 is 1.90 bits per heavy atom. The molecule has 0 aromatic heterocycles. The van der Waals surface area contributed by atoms with E-state index in [1.54, 1.807) is 11.9 Å². The van der Waals surface area contributed by atoms with Gasteiger partial charge in [-0.15, -0.1) is 0 Å². The summed E-state index contributed by atoms with van der Waals surface area (Å²) in [5.74, 6) is 0.590. The number of carbonyl (C=O) groups is 2. The zero-order chi connectivity index (χ0) is 22.0. The predicted molar refractivity (Wildman–Crippen MR) is 115 cm³/mol. The summed E-state index contributed by atoms with van der Waals surface area (Å²) < 4.78 is 15.9. The topological polar surface area (TPSA) is 89.5 Å². The maximum absolute atomic E-state index is 13.3. The molecular formula is C23H25N3O5. The summed E-state index contributed by atoms with van der Waals surface area (Å²) in [4.78, 5) is 25.6. The molecule has 1 unspecified atom stereocenters. The number of hydrazone groups is 1. The predicted octanol–water partition coefficient (Wildman–Crippen LogP) is 2.96. The highest BCUT2D eigenvalue weighted by Gasteiger charge is 2.39. The van der Waals surface area contributed by atoms with Crippen molar-refractivity contribution >= 4 is 23.3 Å². The Kier molecular flexibility index (Phi) is 5.54. The first-order chi connectivity index (χ1) is 14.9. The Labute approximate surface area is 180 Å². The Morgan fingerprint density at radius 1 is 1.16 bits per heavy atom. The summed E-state index contributed by atoms with van der Waals surface area (Å²) in [6.45, 7) is 6.00. The number of nitrogens with one attached hydrogen (secondary N) is 1. The summed E-state index contributed by atoms with van der Waals surface area (Å²) in [5.41, 5.74) is 1.14. The number of anilines is 1. The van der Waals surface area contributed by atoms with Crippen molar-refractivity contribution in [1.29, 1.82) is 0 Å². The van der Waals surface area contributed by atoms with Crippen LogP contribution in [0.1, 0.15) is 32.8 Å². The molecule has 0 fully saturated rings. The molecule has 0 saturated carbocycles. The monoisotopic (exact) mass is 423 g/mol. The number of esters is 1. The molecule has 0 radical (unpaired) electrons. The molecule has 0 saturated heterocycles. The largest absolute Gasteiger partial charge is 0.461 e. The molecule has 2 heterocycles. The van der Waals surface area contributed by atoms with Gasteiger partial charge in [0, 0.05) is 6.42 Å². The van der Waals surface area contributed by atoms with Crippen LogP contribution in [0, 0.1) is 0 Å². The van der Waals surface area contributed by atoms with E-state index in [9.17, 15) is 9.59 Å². The first-order valence-corrected chi connectivity index (χ1v) is 10.2. The first kappa shape index (κ1) is 20.7. The lowest BCUT2D eigenvalue weighted by Crippen LogP contribution is -2.49. The second-order valence-corrected chi connectivity index (χ2v) is 7.85. The fourth-order valence-electron chi connectivity index (χ4n) is 3.62.